The molecule has 0 fully saturated rings. The lowest BCUT2D eigenvalue weighted by Crippen LogP contribution is -2.35. The molecule has 2 aromatic heterocycles. The molecule has 7 heteroatoms. The normalized spacial score (nSPS) is 10.9. The highest BCUT2D eigenvalue weighted by molar-refractivity contribution is 9.10. The monoisotopic (exact) mass is 419 g/mol. The lowest BCUT2D eigenvalue weighted by Gasteiger charge is -2.18. The fraction of sp³-hybridized carbons (Fsp3) is 0.263. The van der Waals surface area contributed by atoms with Gasteiger partial charge in [0.05, 0.1) is 5.39 Å². The molecular weight excluding hydrogens is 402 g/mol. The molecule has 0 bridgehead atoms. The molecule has 0 aliphatic heterocycles. The molecule has 1 amide bonds. The highest BCUT2D eigenvalue weighted by Crippen LogP contribution is 2.33. The smallest absolute Gasteiger partial charge is 0.260 e. The fourth-order valence-corrected chi connectivity index (χ4v) is 2.96. The van der Waals surface area contributed by atoms with Gasteiger partial charge in [0.15, 0.2) is 17.0 Å². The van der Waals surface area contributed by atoms with Crippen LogP contribution in [0.1, 0.15) is 13.8 Å². The van der Waals surface area contributed by atoms with Crippen LogP contribution in [0.2, 0.25) is 0 Å². The minimum atomic E-state index is -0.346. The maximum Gasteiger partial charge on any atom is 0.260 e. The predicted octanol–water partition coefficient (Wildman–Crippen LogP) is 4.06. The van der Waals surface area contributed by atoms with Gasteiger partial charge in [-0.2, -0.15) is 0 Å². The number of para-hydroxylation sites is 1. The van der Waals surface area contributed by atoms with Gasteiger partial charge in [-0.15, -0.1) is 0 Å². The number of ether oxygens (including phenoxy) is 1. The summed E-state index contributed by atoms with van der Waals surface area (Å²) in [5, 5.41) is 0.382. The number of hydrogen-bond acceptors (Lipinski definition) is 5. The van der Waals surface area contributed by atoms with E-state index in [-0.39, 0.29) is 29.5 Å². The van der Waals surface area contributed by atoms with Crippen LogP contribution in [0.5, 0.6) is 5.75 Å². The Morgan fingerprint density at radius 2 is 1.85 bits per heavy atom. The van der Waals surface area contributed by atoms with Crippen molar-refractivity contribution in [2.45, 2.75) is 13.8 Å². The van der Waals surface area contributed by atoms with Crippen LogP contribution in [-0.2, 0) is 4.79 Å². The van der Waals surface area contributed by atoms with Gasteiger partial charge in [0.1, 0.15) is 5.58 Å². The van der Waals surface area contributed by atoms with Crippen LogP contribution in [0.15, 0.2) is 54.7 Å². The van der Waals surface area contributed by atoms with Crippen molar-refractivity contribution in [2.75, 3.05) is 19.7 Å². The Hall–Kier alpha value is -2.54. The van der Waals surface area contributed by atoms with Crippen molar-refractivity contribution in [3.05, 3.63) is 51.3 Å². The molecule has 136 valence electrons. The van der Waals surface area contributed by atoms with Crippen molar-refractivity contribution < 1.29 is 18.4 Å². The zero-order valence-corrected chi connectivity index (χ0v) is 16.0. The van der Waals surface area contributed by atoms with Gasteiger partial charge in [0.2, 0.25) is 16.9 Å². The van der Waals surface area contributed by atoms with Gasteiger partial charge in [0, 0.05) is 13.1 Å². The Morgan fingerprint density at radius 3 is 2.50 bits per heavy atom. The molecule has 0 atom stereocenters. The molecule has 0 saturated heterocycles. The van der Waals surface area contributed by atoms with Crippen LogP contribution >= 0.6 is 15.9 Å². The average Bonchev–Trinajstić information content (AvgIpc) is 3.08. The van der Waals surface area contributed by atoms with Crippen molar-refractivity contribution >= 4 is 32.8 Å². The first-order chi connectivity index (χ1) is 12.5. The number of fused-ring (bicyclic) bond motifs is 1. The molecule has 0 spiro atoms. The number of furan rings is 1. The minimum Gasteiger partial charge on any atom is -0.476 e. The molecule has 0 N–H and O–H groups in total. The molecule has 0 aliphatic rings. The number of nitrogens with zero attached hydrogens (tertiary/aromatic N) is 1. The highest BCUT2D eigenvalue weighted by Gasteiger charge is 2.21. The van der Waals surface area contributed by atoms with Crippen LogP contribution in [0.25, 0.3) is 22.5 Å². The number of halogens is 1. The Kier molecular flexibility index (Phi) is 5.46. The van der Waals surface area contributed by atoms with Crippen LogP contribution in [0.3, 0.4) is 0 Å². The van der Waals surface area contributed by atoms with Crippen molar-refractivity contribution in [3.63, 3.8) is 0 Å². The van der Waals surface area contributed by atoms with E-state index in [1.807, 2.05) is 13.8 Å². The quantitative estimate of drug-likeness (QED) is 0.602. The predicted molar refractivity (Wildman–Crippen MR) is 101 cm³/mol. The van der Waals surface area contributed by atoms with Gasteiger partial charge in [-0.25, -0.2) is 0 Å². The summed E-state index contributed by atoms with van der Waals surface area (Å²) in [4.78, 5) is 26.8. The number of hydrogen-bond donors (Lipinski definition) is 0. The SMILES string of the molecule is CCN(CC)C(=O)COc1c(-c2ccc(Br)o2)oc2ccccc2c1=O. The standard InChI is InChI=1S/C19H18BrNO5/c1-3-21(4-2)16(22)11-24-19-17(23)12-7-5-6-8-13(12)26-18(19)14-9-10-15(20)25-14/h5-10H,3-4,11H2,1-2H3. The van der Waals surface area contributed by atoms with E-state index < -0.39 is 0 Å². The third-order valence-electron chi connectivity index (χ3n) is 4.01. The molecule has 0 aliphatic carbocycles. The topological polar surface area (TPSA) is 72.9 Å². The van der Waals surface area contributed by atoms with Crippen LogP contribution in [0.4, 0.5) is 0 Å². The van der Waals surface area contributed by atoms with Gasteiger partial charge in [-0.1, -0.05) is 12.1 Å². The van der Waals surface area contributed by atoms with E-state index in [4.69, 9.17) is 13.6 Å². The Bertz CT molecular complexity index is 987. The van der Waals surface area contributed by atoms with Crippen molar-refractivity contribution in [3.8, 4) is 17.3 Å². The average molecular weight is 420 g/mol. The Morgan fingerprint density at radius 1 is 1.12 bits per heavy atom. The zero-order chi connectivity index (χ0) is 18.7. The minimum absolute atomic E-state index is 0.0361. The van der Waals surface area contributed by atoms with E-state index in [0.29, 0.717) is 34.5 Å². The van der Waals surface area contributed by atoms with Crippen LogP contribution < -0.4 is 10.2 Å². The summed E-state index contributed by atoms with van der Waals surface area (Å²) in [6.07, 6.45) is 0. The third-order valence-corrected chi connectivity index (χ3v) is 4.44. The zero-order valence-electron chi connectivity index (χ0n) is 14.5. The molecule has 0 radical (unpaired) electrons. The lowest BCUT2D eigenvalue weighted by molar-refractivity contribution is -0.132. The first-order valence-electron chi connectivity index (χ1n) is 8.27. The van der Waals surface area contributed by atoms with E-state index in [9.17, 15) is 9.59 Å². The van der Waals surface area contributed by atoms with E-state index in [0.717, 1.165) is 0 Å². The summed E-state index contributed by atoms with van der Waals surface area (Å²) in [5.74, 6) is 0.261. The van der Waals surface area contributed by atoms with Crippen LogP contribution in [-0.4, -0.2) is 30.5 Å². The molecule has 3 rings (SSSR count). The maximum atomic E-state index is 12.9. The number of carbonyl (C=O) groups is 1. The fourth-order valence-electron chi connectivity index (χ4n) is 2.66. The van der Waals surface area contributed by atoms with E-state index in [2.05, 4.69) is 15.9 Å². The second kappa shape index (κ2) is 7.78. The third kappa shape index (κ3) is 3.53. The van der Waals surface area contributed by atoms with E-state index in [1.54, 1.807) is 41.3 Å². The molecule has 6 nitrogen and oxygen atoms in total. The summed E-state index contributed by atoms with van der Waals surface area (Å²) >= 11 is 3.23. The first-order valence-corrected chi connectivity index (χ1v) is 9.06. The lowest BCUT2D eigenvalue weighted by atomic mass is 10.2. The van der Waals surface area contributed by atoms with E-state index >= 15 is 0 Å². The molecule has 3 aromatic rings. The molecule has 0 unspecified atom stereocenters. The first kappa shape index (κ1) is 18.3. The van der Waals surface area contributed by atoms with Crippen molar-refractivity contribution in [1.82, 2.24) is 4.90 Å². The van der Waals surface area contributed by atoms with Gasteiger partial charge in [0.25, 0.3) is 5.91 Å². The van der Waals surface area contributed by atoms with E-state index in [1.165, 1.54) is 0 Å². The molecule has 0 saturated carbocycles. The van der Waals surface area contributed by atoms with Crippen LogP contribution in [0, 0.1) is 0 Å². The summed E-state index contributed by atoms with van der Waals surface area (Å²) in [7, 11) is 0. The van der Waals surface area contributed by atoms with Crippen molar-refractivity contribution in [1.29, 1.82) is 0 Å². The second-order valence-corrected chi connectivity index (χ2v) is 6.33. The summed E-state index contributed by atoms with van der Waals surface area (Å²) in [5.41, 5.74) is 0.0733. The summed E-state index contributed by atoms with van der Waals surface area (Å²) in [6, 6.07) is 10.2. The molecule has 26 heavy (non-hydrogen) atoms. The highest BCUT2D eigenvalue weighted by atomic mass is 79.9. The maximum absolute atomic E-state index is 12.9. The number of carbonyl (C=O) groups excluding carboxylic acids is 1. The largest absolute Gasteiger partial charge is 0.476 e. The summed E-state index contributed by atoms with van der Waals surface area (Å²) in [6.45, 7) is 4.67. The summed E-state index contributed by atoms with van der Waals surface area (Å²) < 4.78 is 17.5. The Labute approximate surface area is 158 Å². The van der Waals surface area contributed by atoms with Gasteiger partial charge < -0.3 is 18.5 Å². The molecule has 2 heterocycles. The van der Waals surface area contributed by atoms with Crippen molar-refractivity contribution in [2.24, 2.45) is 0 Å². The number of likely N-dealkylation sites (N-methyl/N-ethyl adjacent to an activating group) is 1. The number of amides is 1. The van der Waals surface area contributed by atoms with Gasteiger partial charge in [-0.05, 0) is 54.0 Å². The molecule has 1 aromatic carbocycles. The Balaban J connectivity index is 2.05. The molecular formula is C19H18BrNO5. The van der Waals surface area contributed by atoms with Gasteiger partial charge in [-0.3, -0.25) is 9.59 Å². The number of benzene rings is 1. The number of rotatable bonds is 6. The second-order valence-electron chi connectivity index (χ2n) is 5.54. The van der Waals surface area contributed by atoms with Gasteiger partial charge >= 0.3 is 0 Å².